The zero-order valence-corrected chi connectivity index (χ0v) is 27.8. The summed E-state index contributed by atoms with van der Waals surface area (Å²) < 4.78 is 25.9. The lowest BCUT2D eigenvalue weighted by atomic mass is 9.98. The molecule has 7 aromatic carbocycles. The SMILES string of the molecule is c1ccc(-c2nc(-c3ccccc3)nc(-c3cccc4oc5ccc(-c6cc7c8c(c6)Oc6cccc9c6N8c6c(cccc6O7)O9)cc5c34)n2)cc1. The number of anilines is 3. The molecule has 2 aromatic heterocycles. The van der Waals surface area contributed by atoms with Crippen molar-refractivity contribution >= 4 is 39.0 Å². The van der Waals surface area contributed by atoms with Crippen LogP contribution in [0.2, 0.25) is 0 Å². The first-order valence-corrected chi connectivity index (χ1v) is 17.3. The summed E-state index contributed by atoms with van der Waals surface area (Å²) in [6, 6.07) is 48.2. The van der Waals surface area contributed by atoms with Gasteiger partial charge in [0.2, 0.25) is 0 Å². The minimum absolute atomic E-state index is 0.568. The van der Waals surface area contributed by atoms with Gasteiger partial charge in [0.1, 0.15) is 28.2 Å². The van der Waals surface area contributed by atoms with E-state index in [1.165, 1.54) is 0 Å². The Morgan fingerprint density at radius 2 is 0.906 bits per heavy atom. The summed E-state index contributed by atoms with van der Waals surface area (Å²) in [5.74, 6) is 6.12. The molecule has 0 unspecified atom stereocenters. The number of hydrogen-bond acceptors (Lipinski definition) is 8. The fraction of sp³-hybridized carbons (Fsp3) is 0. The molecule has 0 radical (unpaired) electrons. The Labute approximate surface area is 302 Å². The normalized spacial score (nSPS) is 12.9. The standard InChI is InChI=1S/C45H24N4O4/c1-3-10-25(11-4-1)43-46-44(26-12-5-2-6-13-26)48-45(47-43)29-14-7-15-32-39(29)30-22-27(20-21-31(30)50-32)28-23-37-42-38(24-28)53-36-19-9-17-34-41(36)49(42)40-33(51-34)16-8-18-35(40)52-37/h1-24H. The summed E-state index contributed by atoms with van der Waals surface area (Å²) in [5.41, 5.74) is 8.72. The van der Waals surface area contributed by atoms with Crippen LogP contribution in [0.15, 0.2) is 150 Å². The van der Waals surface area contributed by atoms with Gasteiger partial charge in [-0.05, 0) is 65.7 Å². The molecule has 0 saturated carbocycles. The molecular weight excluding hydrogens is 661 g/mol. The number of furan rings is 1. The lowest BCUT2D eigenvalue weighted by molar-refractivity contribution is 0.418. The topological polar surface area (TPSA) is 82.7 Å². The summed E-state index contributed by atoms with van der Waals surface area (Å²) in [5, 5.41) is 1.87. The molecule has 0 atom stereocenters. The van der Waals surface area contributed by atoms with Crippen LogP contribution in [0.25, 0.3) is 67.2 Å². The smallest absolute Gasteiger partial charge is 0.164 e. The van der Waals surface area contributed by atoms with Crippen LogP contribution in [0.5, 0.6) is 34.5 Å². The first kappa shape index (κ1) is 28.3. The van der Waals surface area contributed by atoms with Gasteiger partial charge in [0.15, 0.2) is 52.0 Å². The van der Waals surface area contributed by atoms with Crippen LogP contribution in [0.3, 0.4) is 0 Å². The molecule has 0 saturated heterocycles. The van der Waals surface area contributed by atoms with Gasteiger partial charge in [-0.25, -0.2) is 15.0 Å². The Kier molecular flexibility index (Phi) is 5.62. The Hall–Kier alpha value is -7.45. The van der Waals surface area contributed by atoms with Crippen LogP contribution in [0.4, 0.5) is 17.1 Å². The molecule has 3 aliphatic heterocycles. The number of fused-ring (bicyclic) bond motifs is 3. The molecule has 5 heterocycles. The van der Waals surface area contributed by atoms with Crippen molar-refractivity contribution in [3.63, 3.8) is 0 Å². The molecule has 9 aromatic rings. The molecule has 0 fully saturated rings. The summed E-state index contributed by atoms with van der Waals surface area (Å²) in [6.45, 7) is 0. The zero-order valence-electron chi connectivity index (χ0n) is 27.8. The van der Waals surface area contributed by atoms with Crippen molar-refractivity contribution in [1.29, 1.82) is 0 Å². The summed E-state index contributed by atoms with van der Waals surface area (Å²) >= 11 is 0. The summed E-state index contributed by atoms with van der Waals surface area (Å²) in [7, 11) is 0. The van der Waals surface area contributed by atoms with E-state index in [0.29, 0.717) is 29.0 Å². The number of hydrogen-bond donors (Lipinski definition) is 0. The van der Waals surface area contributed by atoms with Crippen molar-refractivity contribution < 1.29 is 18.6 Å². The van der Waals surface area contributed by atoms with Gasteiger partial charge < -0.3 is 18.6 Å². The number of rotatable bonds is 4. The van der Waals surface area contributed by atoms with Crippen molar-refractivity contribution in [3.05, 3.63) is 146 Å². The lowest BCUT2D eigenvalue weighted by Crippen LogP contribution is -2.23. The highest BCUT2D eigenvalue weighted by molar-refractivity contribution is 6.13. The summed E-state index contributed by atoms with van der Waals surface area (Å²) in [4.78, 5) is 17.2. The fourth-order valence-electron chi connectivity index (χ4n) is 7.71. The van der Waals surface area contributed by atoms with E-state index >= 15 is 0 Å². The Bertz CT molecular complexity index is 2860. The first-order valence-electron chi connectivity index (χ1n) is 17.3. The number of nitrogens with zero attached hydrogens (tertiary/aromatic N) is 4. The Balaban J connectivity index is 1.04. The van der Waals surface area contributed by atoms with Crippen molar-refractivity contribution in [2.45, 2.75) is 0 Å². The molecule has 53 heavy (non-hydrogen) atoms. The van der Waals surface area contributed by atoms with Crippen molar-refractivity contribution in [1.82, 2.24) is 15.0 Å². The van der Waals surface area contributed by atoms with Gasteiger partial charge in [0.25, 0.3) is 0 Å². The van der Waals surface area contributed by atoms with Crippen LogP contribution in [-0.4, -0.2) is 15.0 Å². The minimum atomic E-state index is 0.568. The van der Waals surface area contributed by atoms with Gasteiger partial charge in [-0.15, -0.1) is 0 Å². The minimum Gasteiger partial charge on any atom is -0.456 e. The Morgan fingerprint density at radius 1 is 0.377 bits per heavy atom. The quantitative estimate of drug-likeness (QED) is 0.181. The van der Waals surface area contributed by atoms with E-state index < -0.39 is 0 Å². The van der Waals surface area contributed by atoms with Gasteiger partial charge in [0, 0.05) is 27.5 Å². The highest BCUT2D eigenvalue weighted by atomic mass is 16.5. The van der Waals surface area contributed by atoms with E-state index in [4.69, 9.17) is 33.6 Å². The van der Waals surface area contributed by atoms with E-state index in [2.05, 4.69) is 29.2 Å². The molecule has 0 amide bonds. The van der Waals surface area contributed by atoms with E-state index in [1.54, 1.807) is 0 Å². The van der Waals surface area contributed by atoms with Crippen LogP contribution >= 0.6 is 0 Å². The van der Waals surface area contributed by atoms with Crippen molar-refractivity contribution in [2.24, 2.45) is 0 Å². The van der Waals surface area contributed by atoms with Crippen LogP contribution in [-0.2, 0) is 0 Å². The third kappa shape index (κ3) is 4.14. The van der Waals surface area contributed by atoms with Gasteiger partial charge in [-0.2, -0.15) is 0 Å². The van der Waals surface area contributed by atoms with Crippen LogP contribution in [0.1, 0.15) is 0 Å². The second kappa shape index (κ2) is 10.5. The molecule has 0 N–H and O–H groups in total. The number of ether oxygens (including phenoxy) is 3. The second-order valence-electron chi connectivity index (χ2n) is 13.2. The van der Waals surface area contributed by atoms with E-state index in [0.717, 1.165) is 89.8 Å². The maximum Gasteiger partial charge on any atom is 0.164 e. The molecule has 3 aliphatic rings. The zero-order chi connectivity index (χ0) is 34.6. The first-order chi connectivity index (χ1) is 26.2. The summed E-state index contributed by atoms with van der Waals surface area (Å²) in [6.07, 6.45) is 0. The van der Waals surface area contributed by atoms with E-state index in [9.17, 15) is 0 Å². The molecule has 0 bridgehead atoms. The van der Waals surface area contributed by atoms with Crippen LogP contribution < -0.4 is 19.1 Å². The van der Waals surface area contributed by atoms with Gasteiger partial charge in [-0.3, -0.25) is 4.90 Å². The van der Waals surface area contributed by atoms with E-state index in [1.807, 2.05) is 121 Å². The lowest BCUT2D eigenvalue weighted by Gasteiger charge is -2.41. The molecule has 0 aliphatic carbocycles. The molecule has 8 heteroatoms. The highest BCUT2D eigenvalue weighted by Crippen LogP contribution is 2.67. The fourth-order valence-corrected chi connectivity index (χ4v) is 7.71. The van der Waals surface area contributed by atoms with Crippen molar-refractivity contribution in [2.75, 3.05) is 4.90 Å². The van der Waals surface area contributed by atoms with Gasteiger partial charge in [-0.1, -0.05) is 91.0 Å². The molecular formula is C45H24N4O4. The second-order valence-corrected chi connectivity index (χ2v) is 13.2. The molecule has 12 rings (SSSR count). The van der Waals surface area contributed by atoms with Crippen molar-refractivity contribution in [3.8, 4) is 79.8 Å². The predicted molar refractivity (Wildman–Crippen MR) is 204 cm³/mol. The Morgan fingerprint density at radius 3 is 1.51 bits per heavy atom. The monoisotopic (exact) mass is 684 g/mol. The van der Waals surface area contributed by atoms with Gasteiger partial charge >= 0.3 is 0 Å². The third-order valence-electron chi connectivity index (χ3n) is 10.1. The average Bonchev–Trinajstić information content (AvgIpc) is 3.59. The molecule has 0 spiro atoms. The highest BCUT2D eigenvalue weighted by Gasteiger charge is 2.41. The van der Waals surface area contributed by atoms with E-state index in [-0.39, 0.29) is 0 Å². The third-order valence-corrected chi connectivity index (χ3v) is 10.1. The molecule has 248 valence electrons. The van der Waals surface area contributed by atoms with Crippen LogP contribution in [0, 0.1) is 0 Å². The number of aromatic nitrogens is 3. The maximum atomic E-state index is 6.58. The average molecular weight is 685 g/mol. The molecule has 8 nitrogen and oxygen atoms in total. The predicted octanol–water partition coefficient (Wildman–Crippen LogP) is 12.2. The van der Waals surface area contributed by atoms with Gasteiger partial charge in [0.05, 0.1) is 0 Å². The number of benzene rings is 7. The maximum absolute atomic E-state index is 6.58. The number of para-hydroxylation sites is 2. The largest absolute Gasteiger partial charge is 0.456 e.